The molecule has 2 aliphatic heterocycles. The molecule has 1 atom stereocenters. The topological polar surface area (TPSA) is 137 Å². The molecule has 0 bridgehead atoms. The summed E-state index contributed by atoms with van der Waals surface area (Å²) in [5, 5.41) is 51.9. The van der Waals surface area contributed by atoms with E-state index < -0.39 is 70.5 Å². The molecular weight excluding hydrogens is 598 g/mol. The van der Waals surface area contributed by atoms with Crippen molar-refractivity contribution in [3.05, 3.63) is 29.3 Å². The third-order valence-electron chi connectivity index (χ3n) is 7.59. The number of carbonyl (C=O) groups is 1. The molecule has 0 saturated carbocycles. The number of piperazine rings is 1. The van der Waals surface area contributed by atoms with Crippen LogP contribution < -0.4 is 4.90 Å². The molecule has 5 N–H and O–H groups in total. The Bertz CT molecular complexity index is 1150. The number of nitrogens with zero attached hydrogens (tertiary/aromatic N) is 3. The van der Waals surface area contributed by atoms with Crippen molar-refractivity contribution >= 4 is 35.3 Å². The van der Waals surface area contributed by atoms with E-state index in [1.807, 2.05) is 0 Å². The van der Waals surface area contributed by atoms with Gasteiger partial charge in [-0.1, -0.05) is 6.07 Å². The van der Waals surface area contributed by atoms with Crippen molar-refractivity contribution in [2.24, 2.45) is 0 Å². The lowest BCUT2D eigenvalue weighted by atomic mass is 9.47. The Morgan fingerprint density at radius 1 is 0.881 bits per heavy atom. The second-order valence-electron chi connectivity index (χ2n) is 10.7. The molecule has 2 saturated heterocycles. The number of benzene rings is 1. The smallest absolute Gasteiger partial charge is 0.426 e. The fourth-order valence-electron chi connectivity index (χ4n) is 4.94. The molecule has 1 amide bonds. The number of hydrogen-bond donors (Lipinski definition) is 5. The van der Waals surface area contributed by atoms with Crippen LogP contribution in [0.2, 0.25) is 0 Å². The molecule has 0 radical (unpaired) electrons. The molecule has 0 aliphatic carbocycles. The minimum atomic E-state index is -6.26. The predicted molar refractivity (Wildman–Crippen MR) is 130 cm³/mol. The highest BCUT2D eigenvalue weighted by atomic mass is 19.4. The summed E-state index contributed by atoms with van der Waals surface area (Å²) in [6, 6.07) is 2.34. The van der Waals surface area contributed by atoms with Gasteiger partial charge in [0.15, 0.2) is 7.85 Å². The van der Waals surface area contributed by atoms with Gasteiger partial charge in [0.1, 0.15) is 21.3 Å². The van der Waals surface area contributed by atoms with Gasteiger partial charge in [-0.2, -0.15) is 39.5 Å². The number of carbonyl (C=O) groups excluding carboxylic acids is 1. The molecule has 3 rings (SSSR count). The van der Waals surface area contributed by atoms with Gasteiger partial charge < -0.3 is 35.2 Å². The highest BCUT2D eigenvalue weighted by molar-refractivity contribution is 6.45. The Kier molecular flexibility index (Phi) is 8.41. The first kappa shape index (κ1) is 34.1. The normalized spacial score (nSPS) is 24.7. The van der Waals surface area contributed by atoms with Crippen LogP contribution in [0.4, 0.5) is 50.0 Å². The molecule has 10 nitrogen and oxygen atoms in total. The number of ether oxygens (including phenoxy) is 1. The van der Waals surface area contributed by atoms with Crippen molar-refractivity contribution in [2.45, 2.75) is 66.8 Å². The average molecular weight is 623 g/mol. The third-order valence-corrected chi connectivity index (χ3v) is 7.59. The monoisotopic (exact) mass is 623 g/mol. The first-order valence-electron chi connectivity index (χ1n) is 12.2. The maximum atomic E-state index is 13.5. The molecule has 1 aromatic carbocycles. The zero-order valence-corrected chi connectivity index (χ0v) is 22.1. The second-order valence-corrected chi connectivity index (χ2v) is 10.7. The highest BCUT2D eigenvalue weighted by Crippen LogP contribution is 2.46. The van der Waals surface area contributed by atoms with E-state index in [4.69, 9.17) is 0 Å². The van der Waals surface area contributed by atoms with Crippen LogP contribution in [-0.2, 0) is 17.5 Å². The third kappa shape index (κ3) is 5.75. The van der Waals surface area contributed by atoms with E-state index in [1.54, 1.807) is 0 Å². The van der Waals surface area contributed by atoms with Crippen LogP contribution in [0.1, 0.15) is 24.0 Å². The largest absolute Gasteiger partial charge is 0.434 e. The zero-order chi connectivity index (χ0) is 32.5. The van der Waals surface area contributed by atoms with Crippen LogP contribution in [0.25, 0.3) is 0 Å². The van der Waals surface area contributed by atoms with E-state index in [-0.39, 0.29) is 11.3 Å². The van der Waals surface area contributed by atoms with Crippen molar-refractivity contribution in [3.63, 3.8) is 0 Å². The molecule has 234 valence electrons. The number of aliphatic hydroxyl groups is 5. The Hall–Kier alpha value is -2.39. The lowest BCUT2D eigenvalue weighted by Gasteiger charge is -2.65. The number of rotatable bonds is 4. The summed E-state index contributed by atoms with van der Waals surface area (Å²) in [5.41, 5.74) is -4.46. The van der Waals surface area contributed by atoms with Gasteiger partial charge >= 0.3 is 36.4 Å². The molecule has 22 heteroatoms. The molecule has 1 unspecified atom stereocenters. The minimum Gasteiger partial charge on any atom is -0.426 e. The fraction of sp³-hybridized carbons (Fsp3) is 0.650. The Morgan fingerprint density at radius 3 is 1.83 bits per heavy atom. The Morgan fingerprint density at radius 2 is 1.38 bits per heavy atom. The second kappa shape index (κ2) is 10.4. The summed E-state index contributed by atoms with van der Waals surface area (Å²) in [5.74, 6) is -8.75. The minimum absolute atomic E-state index is 0.0601. The van der Waals surface area contributed by atoms with E-state index in [2.05, 4.69) is 4.74 Å². The number of hydrogen-bond acceptors (Lipinski definition) is 9. The average Bonchev–Trinajstić information content (AvgIpc) is 3.32. The van der Waals surface area contributed by atoms with Crippen LogP contribution >= 0.6 is 0 Å². The highest BCUT2D eigenvalue weighted by Gasteiger charge is 2.74. The van der Waals surface area contributed by atoms with E-state index in [0.717, 1.165) is 27.8 Å². The molecule has 0 spiro atoms. The molecular formula is C20H25B3F9N3O7. The lowest BCUT2D eigenvalue weighted by molar-refractivity contribution is -0.497. The molecule has 42 heavy (non-hydrogen) atoms. The van der Waals surface area contributed by atoms with E-state index in [1.165, 1.54) is 4.90 Å². The maximum Gasteiger partial charge on any atom is 0.434 e. The van der Waals surface area contributed by atoms with Crippen molar-refractivity contribution in [2.75, 3.05) is 18.0 Å². The van der Waals surface area contributed by atoms with Crippen molar-refractivity contribution in [1.29, 1.82) is 0 Å². The summed E-state index contributed by atoms with van der Waals surface area (Å²) >= 11 is 0. The molecule has 2 aliphatic rings. The Labute approximate surface area is 234 Å². The van der Waals surface area contributed by atoms with Crippen LogP contribution in [0.5, 0.6) is 0 Å². The maximum absolute atomic E-state index is 13.5. The summed E-state index contributed by atoms with van der Waals surface area (Å²) in [7, 11) is 2.32. The fourth-order valence-corrected chi connectivity index (χ4v) is 4.94. The number of halogens is 9. The number of alkyl halides is 9. The number of amides is 1. The first-order valence-corrected chi connectivity index (χ1v) is 12.2. The van der Waals surface area contributed by atoms with Crippen molar-refractivity contribution in [3.8, 4) is 0 Å². The zero-order valence-electron chi connectivity index (χ0n) is 22.1. The van der Waals surface area contributed by atoms with Crippen molar-refractivity contribution in [1.82, 2.24) is 9.80 Å². The predicted octanol–water partition coefficient (Wildman–Crippen LogP) is -1.47. The molecule has 2 fully saturated rings. The van der Waals surface area contributed by atoms with Gasteiger partial charge in [0.2, 0.25) is 0 Å². The van der Waals surface area contributed by atoms with Gasteiger partial charge in [0.25, 0.3) is 6.10 Å². The molecule has 2 heterocycles. The van der Waals surface area contributed by atoms with Gasteiger partial charge in [-0.25, -0.2) is 14.6 Å². The lowest BCUT2D eigenvalue weighted by Crippen LogP contribution is -2.91. The van der Waals surface area contributed by atoms with Crippen LogP contribution in [0.3, 0.4) is 0 Å². The summed E-state index contributed by atoms with van der Waals surface area (Å²) in [6.45, 7) is -0.302. The summed E-state index contributed by atoms with van der Waals surface area (Å²) in [4.78, 5) is 13.5. The Balaban J connectivity index is 2.10. The SMILES string of the molecule is BC1(B)N(Cc2ccc(C(F)(F)F)cc2N2CCCC2)C(O)(O)C(O)(O)N(C(=O)OC(C(F)(F)F)C(F)(F)F)C1(B)O. The van der Waals surface area contributed by atoms with Crippen LogP contribution in [0, 0.1) is 0 Å². The van der Waals surface area contributed by atoms with Crippen LogP contribution in [0.15, 0.2) is 18.2 Å². The van der Waals surface area contributed by atoms with E-state index in [9.17, 15) is 69.8 Å². The van der Waals surface area contributed by atoms with Gasteiger partial charge in [-0.15, -0.1) is 0 Å². The van der Waals surface area contributed by atoms with Crippen LogP contribution in [-0.4, -0.2) is 119 Å². The van der Waals surface area contributed by atoms with Crippen molar-refractivity contribution < 1.29 is 74.6 Å². The van der Waals surface area contributed by atoms with E-state index in [0.29, 0.717) is 44.7 Å². The van der Waals surface area contributed by atoms with Gasteiger partial charge in [-0.05, 0) is 30.5 Å². The van der Waals surface area contributed by atoms with Gasteiger partial charge in [0, 0.05) is 30.7 Å². The standard InChI is InChI=1S/C20H25B3F9N3O7/c21-17(22)18(23,37)35(13(36)42-12(15(27,28)29)16(30,31)32)20(40,41)19(38,39)34(17)8-9-3-4-10(14(24,25)26)7-11(9)33-5-1-2-6-33/h3-4,7,12,37-41H,1-2,5-6,8,21-23H2. The number of anilines is 1. The summed E-state index contributed by atoms with van der Waals surface area (Å²) in [6.07, 6.45) is -23.8. The molecule has 0 aromatic heterocycles. The summed E-state index contributed by atoms with van der Waals surface area (Å²) < 4.78 is 122. The van der Waals surface area contributed by atoms with Gasteiger partial charge in [0.05, 0.1) is 5.56 Å². The van der Waals surface area contributed by atoms with E-state index >= 15 is 0 Å². The molecule has 1 aromatic rings. The van der Waals surface area contributed by atoms with Gasteiger partial charge in [-0.3, -0.25) is 0 Å². The quantitative estimate of drug-likeness (QED) is 0.155. The first-order chi connectivity index (χ1) is 18.7.